The molecule has 5 nitrogen and oxygen atoms in total. The smallest absolute Gasteiger partial charge is 0.133 e. The van der Waals surface area contributed by atoms with E-state index in [2.05, 4.69) is 34.8 Å². The van der Waals surface area contributed by atoms with Crippen molar-refractivity contribution < 1.29 is 4.74 Å². The molecule has 1 heterocycles. The Balaban J connectivity index is 2.96. The Kier molecular flexibility index (Phi) is 6.23. The molecule has 0 aromatic carbocycles. The third-order valence-corrected chi connectivity index (χ3v) is 2.76. The highest BCUT2D eigenvalue weighted by atomic mass is 16.5. The van der Waals surface area contributed by atoms with Gasteiger partial charge in [-0.1, -0.05) is 13.8 Å². The van der Waals surface area contributed by atoms with Gasteiger partial charge < -0.3 is 9.64 Å². The molecule has 0 saturated carbocycles. The van der Waals surface area contributed by atoms with Gasteiger partial charge >= 0.3 is 0 Å². The van der Waals surface area contributed by atoms with Gasteiger partial charge in [0, 0.05) is 37.9 Å². The van der Waals surface area contributed by atoms with Gasteiger partial charge in [0.25, 0.3) is 0 Å². The Hall–Kier alpha value is -1.67. The monoisotopic (exact) mass is 262 g/mol. The molecule has 5 heteroatoms. The van der Waals surface area contributed by atoms with Gasteiger partial charge in [0.05, 0.1) is 19.1 Å². The number of aryl methyl sites for hydroxylation is 1. The summed E-state index contributed by atoms with van der Waals surface area (Å²) in [4.78, 5) is 11.1. The molecule has 0 fully saturated rings. The summed E-state index contributed by atoms with van der Waals surface area (Å²) in [7, 11) is 1.67. The van der Waals surface area contributed by atoms with Crippen molar-refractivity contribution in [1.82, 2.24) is 9.97 Å². The van der Waals surface area contributed by atoms with Gasteiger partial charge in [-0.05, 0) is 6.92 Å². The number of nitriles is 1. The summed E-state index contributed by atoms with van der Waals surface area (Å²) in [5.41, 5.74) is 0.952. The van der Waals surface area contributed by atoms with Crippen molar-refractivity contribution in [2.75, 3.05) is 31.7 Å². The Morgan fingerprint density at radius 2 is 2.11 bits per heavy atom. The number of methoxy groups -OCH3 is 1. The zero-order valence-corrected chi connectivity index (χ0v) is 12.2. The first-order valence-electron chi connectivity index (χ1n) is 6.55. The fourth-order valence-electron chi connectivity index (χ4n) is 1.72. The highest BCUT2D eigenvalue weighted by Gasteiger charge is 2.12. The van der Waals surface area contributed by atoms with Gasteiger partial charge in [0.2, 0.25) is 0 Å². The molecule has 0 radical (unpaired) electrons. The third kappa shape index (κ3) is 4.84. The normalized spacial score (nSPS) is 10.5. The van der Waals surface area contributed by atoms with Crippen LogP contribution in [0.1, 0.15) is 37.7 Å². The minimum Gasteiger partial charge on any atom is -0.383 e. The van der Waals surface area contributed by atoms with Gasteiger partial charge in [-0.15, -0.1) is 0 Å². The molecule has 19 heavy (non-hydrogen) atoms. The lowest BCUT2D eigenvalue weighted by atomic mass is 10.2. The summed E-state index contributed by atoms with van der Waals surface area (Å²) in [5.74, 6) is 2.01. The molecule has 0 aliphatic rings. The number of hydrogen-bond donors (Lipinski definition) is 0. The first-order chi connectivity index (χ1) is 9.08. The van der Waals surface area contributed by atoms with Crippen LogP contribution >= 0.6 is 0 Å². The predicted octanol–water partition coefficient (Wildman–Crippen LogP) is 2.27. The first-order valence-corrected chi connectivity index (χ1v) is 6.55. The molecule has 0 aliphatic heterocycles. The second-order valence-corrected chi connectivity index (χ2v) is 4.77. The van der Waals surface area contributed by atoms with E-state index in [0.29, 0.717) is 25.5 Å². The largest absolute Gasteiger partial charge is 0.383 e. The highest BCUT2D eigenvalue weighted by Crippen LogP contribution is 2.17. The quantitative estimate of drug-likeness (QED) is 0.754. The van der Waals surface area contributed by atoms with Gasteiger partial charge in [0.15, 0.2) is 0 Å². The number of rotatable bonds is 7. The maximum absolute atomic E-state index is 8.74. The van der Waals surface area contributed by atoms with E-state index in [-0.39, 0.29) is 0 Å². The number of hydrogen-bond acceptors (Lipinski definition) is 5. The van der Waals surface area contributed by atoms with Crippen LogP contribution < -0.4 is 4.90 Å². The molecule has 104 valence electrons. The molecule has 0 unspecified atom stereocenters. The summed E-state index contributed by atoms with van der Waals surface area (Å²) in [6.45, 7) is 8.13. The SMILES string of the molecule is COCCN(CCC#N)c1cc(C)nc(C(C)C)n1. The van der Waals surface area contributed by atoms with Crippen LogP contribution in [-0.4, -0.2) is 36.8 Å². The Morgan fingerprint density at radius 1 is 1.37 bits per heavy atom. The van der Waals surface area contributed by atoms with Crippen LogP contribution in [-0.2, 0) is 4.74 Å². The van der Waals surface area contributed by atoms with E-state index >= 15 is 0 Å². The van der Waals surface area contributed by atoms with E-state index in [1.807, 2.05) is 13.0 Å². The van der Waals surface area contributed by atoms with E-state index in [9.17, 15) is 0 Å². The van der Waals surface area contributed by atoms with Crippen LogP contribution in [0.25, 0.3) is 0 Å². The van der Waals surface area contributed by atoms with Crippen molar-refractivity contribution in [2.45, 2.75) is 33.1 Å². The maximum Gasteiger partial charge on any atom is 0.133 e. The second-order valence-electron chi connectivity index (χ2n) is 4.77. The fraction of sp³-hybridized carbons (Fsp3) is 0.643. The molecular weight excluding hydrogens is 240 g/mol. The van der Waals surface area contributed by atoms with Crippen molar-refractivity contribution in [3.63, 3.8) is 0 Å². The minimum atomic E-state index is 0.291. The summed E-state index contributed by atoms with van der Waals surface area (Å²) >= 11 is 0. The zero-order chi connectivity index (χ0) is 14.3. The van der Waals surface area contributed by atoms with Crippen LogP contribution in [0.15, 0.2) is 6.07 Å². The summed E-state index contributed by atoms with van der Waals surface area (Å²) in [6, 6.07) is 4.13. The topological polar surface area (TPSA) is 62.0 Å². The number of anilines is 1. The molecule has 0 aliphatic carbocycles. The van der Waals surface area contributed by atoms with Crippen molar-refractivity contribution >= 4 is 5.82 Å². The lowest BCUT2D eigenvalue weighted by Gasteiger charge is -2.23. The lowest BCUT2D eigenvalue weighted by Crippen LogP contribution is -2.29. The van der Waals surface area contributed by atoms with Gasteiger partial charge in [-0.3, -0.25) is 0 Å². The average Bonchev–Trinajstić information content (AvgIpc) is 2.38. The molecule has 1 rings (SSSR count). The Morgan fingerprint density at radius 3 is 2.68 bits per heavy atom. The van der Waals surface area contributed by atoms with Gasteiger partial charge in [0.1, 0.15) is 11.6 Å². The van der Waals surface area contributed by atoms with E-state index < -0.39 is 0 Å². The van der Waals surface area contributed by atoms with Crippen molar-refractivity contribution in [1.29, 1.82) is 5.26 Å². The zero-order valence-electron chi connectivity index (χ0n) is 12.2. The fourth-order valence-corrected chi connectivity index (χ4v) is 1.72. The van der Waals surface area contributed by atoms with Crippen molar-refractivity contribution in [2.24, 2.45) is 0 Å². The van der Waals surface area contributed by atoms with Crippen molar-refractivity contribution in [3.8, 4) is 6.07 Å². The maximum atomic E-state index is 8.74. The number of nitrogens with zero attached hydrogens (tertiary/aromatic N) is 4. The molecule has 0 spiro atoms. The second kappa shape index (κ2) is 7.70. The van der Waals surface area contributed by atoms with Gasteiger partial charge in [-0.25, -0.2) is 9.97 Å². The predicted molar refractivity (Wildman–Crippen MR) is 75.2 cm³/mol. The summed E-state index contributed by atoms with van der Waals surface area (Å²) < 4.78 is 5.11. The molecule has 0 N–H and O–H groups in total. The minimum absolute atomic E-state index is 0.291. The van der Waals surface area contributed by atoms with Crippen LogP contribution in [0.3, 0.4) is 0 Å². The van der Waals surface area contributed by atoms with Crippen LogP contribution in [0.5, 0.6) is 0 Å². The number of aromatic nitrogens is 2. The average molecular weight is 262 g/mol. The molecule has 1 aromatic heterocycles. The highest BCUT2D eigenvalue weighted by molar-refractivity contribution is 5.40. The van der Waals surface area contributed by atoms with E-state index in [1.165, 1.54) is 0 Å². The molecule has 1 aromatic rings. The molecule has 0 amide bonds. The Labute approximate surface area is 115 Å². The molecule has 0 saturated heterocycles. The van der Waals surface area contributed by atoms with Gasteiger partial charge in [-0.2, -0.15) is 5.26 Å². The molecular formula is C14H22N4O. The van der Waals surface area contributed by atoms with Crippen molar-refractivity contribution in [3.05, 3.63) is 17.6 Å². The lowest BCUT2D eigenvalue weighted by molar-refractivity contribution is 0.205. The molecule has 0 bridgehead atoms. The first kappa shape index (κ1) is 15.4. The third-order valence-electron chi connectivity index (χ3n) is 2.76. The summed E-state index contributed by atoms with van der Waals surface area (Å²) in [6.07, 6.45) is 0.476. The van der Waals surface area contributed by atoms with E-state index in [4.69, 9.17) is 10.00 Å². The summed E-state index contributed by atoms with van der Waals surface area (Å²) in [5, 5.41) is 8.74. The van der Waals surface area contributed by atoms with Crippen LogP contribution in [0.4, 0.5) is 5.82 Å². The standard InChI is InChI=1S/C14H22N4O/c1-11(2)14-16-12(3)10-13(17-14)18(7-5-6-15)8-9-19-4/h10-11H,5,7-9H2,1-4H3. The van der Waals surface area contributed by atoms with E-state index in [0.717, 1.165) is 23.9 Å². The van der Waals surface area contributed by atoms with Crippen LogP contribution in [0, 0.1) is 18.3 Å². The van der Waals surface area contributed by atoms with Crippen LogP contribution in [0.2, 0.25) is 0 Å². The van der Waals surface area contributed by atoms with E-state index in [1.54, 1.807) is 7.11 Å². The Bertz CT molecular complexity index is 440. The molecule has 0 atom stereocenters. The number of ether oxygens (including phenoxy) is 1.